The number of sulfone groups is 1. The lowest BCUT2D eigenvalue weighted by atomic mass is 10.0. The van der Waals surface area contributed by atoms with Crippen molar-refractivity contribution < 1.29 is 32.2 Å². The topological polar surface area (TPSA) is 91.4 Å². The molecule has 1 aliphatic carbocycles. The lowest BCUT2D eigenvalue weighted by Crippen LogP contribution is -2.35. The van der Waals surface area contributed by atoms with Gasteiger partial charge >= 0.3 is 6.09 Å². The summed E-state index contributed by atoms with van der Waals surface area (Å²) in [7, 11) is -3.22. The molecule has 1 atom stereocenters. The van der Waals surface area contributed by atoms with Crippen LogP contribution in [0, 0.1) is 6.92 Å². The number of aryl methyl sites for hydroxylation is 2. The molecular formula is C35H49NO7S. The van der Waals surface area contributed by atoms with Gasteiger partial charge < -0.3 is 23.8 Å². The van der Waals surface area contributed by atoms with E-state index in [0.717, 1.165) is 112 Å². The number of ether oxygens (including phenoxy) is 4. The van der Waals surface area contributed by atoms with Crippen molar-refractivity contribution in [3.8, 4) is 5.75 Å². The van der Waals surface area contributed by atoms with Crippen LogP contribution in [-0.2, 0) is 37.1 Å². The molecule has 0 radical (unpaired) electrons. The van der Waals surface area contributed by atoms with E-state index in [1.807, 2.05) is 51.1 Å². The van der Waals surface area contributed by atoms with E-state index in [-0.39, 0.29) is 17.4 Å². The molecule has 2 fully saturated rings. The second kappa shape index (κ2) is 14.6. The number of carbonyl (C=O) groups is 1. The Morgan fingerprint density at radius 1 is 0.955 bits per heavy atom. The molecule has 2 aliphatic heterocycles. The highest BCUT2D eigenvalue weighted by Crippen LogP contribution is 2.35. The fourth-order valence-electron chi connectivity index (χ4n) is 6.44. The molecule has 0 unspecified atom stereocenters. The third-order valence-electron chi connectivity index (χ3n) is 8.93. The molecule has 0 bridgehead atoms. The van der Waals surface area contributed by atoms with Gasteiger partial charge in [-0.15, -0.1) is 0 Å². The number of hydrogen-bond donors (Lipinski definition) is 0. The molecule has 3 aliphatic rings. The zero-order valence-corrected chi connectivity index (χ0v) is 27.5. The summed E-state index contributed by atoms with van der Waals surface area (Å²) < 4.78 is 49.2. The van der Waals surface area contributed by atoms with E-state index in [4.69, 9.17) is 18.9 Å². The van der Waals surface area contributed by atoms with E-state index in [9.17, 15) is 13.2 Å². The highest BCUT2D eigenvalue weighted by atomic mass is 32.2. The first-order chi connectivity index (χ1) is 21.1. The summed E-state index contributed by atoms with van der Waals surface area (Å²) in [4.78, 5) is 14.8. The molecule has 0 N–H and O–H groups in total. The summed E-state index contributed by atoms with van der Waals surface area (Å²) in [5.74, 6) is 0.189. The second-order valence-electron chi connectivity index (χ2n) is 13.1. The van der Waals surface area contributed by atoms with Gasteiger partial charge in [0, 0.05) is 39.2 Å². The third kappa shape index (κ3) is 8.55. The van der Waals surface area contributed by atoms with E-state index in [1.165, 1.54) is 0 Å². The summed E-state index contributed by atoms with van der Waals surface area (Å²) in [5.41, 5.74) is 4.07. The fraction of sp³-hybridized carbons (Fsp3) is 0.629. The lowest BCUT2D eigenvalue weighted by molar-refractivity contribution is -0.180. The molecule has 1 amide bonds. The van der Waals surface area contributed by atoms with E-state index in [2.05, 4.69) is 6.07 Å². The standard InChI is InChI=1S/C35H49NO7S/c1-26-20-27(22-31(21-26)44(38,39)30-13-6-7-14-30)12-8-11-19-40-18-10-5-4-9-17-36-24-33(42-34(36)37)28-15-16-32-29(23-28)25-41-35(2,3)43-32/h15-16,20-23,30,33H,4-14,17-19,24-25H2,1-3H3/t33-/m0/s1. The predicted molar refractivity (Wildman–Crippen MR) is 170 cm³/mol. The normalized spacial score (nSPS) is 20.0. The number of nitrogens with zero attached hydrogens (tertiary/aromatic N) is 1. The summed E-state index contributed by atoms with van der Waals surface area (Å²) in [6, 6.07) is 11.8. The molecule has 2 aromatic carbocycles. The Morgan fingerprint density at radius 2 is 1.70 bits per heavy atom. The Balaban J connectivity index is 0.920. The summed E-state index contributed by atoms with van der Waals surface area (Å²) in [6.45, 7) is 8.98. The molecule has 2 heterocycles. The molecule has 242 valence electrons. The highest BCUT2D eigenvalue weighted by molar-refractivity contribution is 7.92. The Kier molecular flexibility index (Phi) is 10.9. The first kappa shape index (κ1) is 32.8. The van der Waals surface area contributed by atoms with Crippen molar-refractivity contribution in [2.75, 3.05) is 26.3 Å². The van der Waals surface area contributed by atoms with Crippen LogP contribution < -0.4 is 4.74 Å². The Labute approximate surface area is 263 Å². The molecule has 8 nitrogen and oxygen atoms in total. The minimum absolute atomic E-state index is 0.208. The molecule has 1 saturated heterocycles. The van der Waals surface area contributed by atoms with E-state index in [0.29, 0.717) is 24.6 Å². The number of benzene rings is 2. The predicted octanol–water partition coefficient (Wildman–Crippen LogP) is 7.45. The summed E-state index contributed by atoms with van der Waals surface area (Å²) in [6.07, 6.45) is 9.95. The molecule has 9 heteroatoms. The van der Waals surface area contributed by atoms with Crippen LogP contribution in [-0.4, -0.2) is 56.8 Å². The van der Waals surface area contributed by atoms with E-state index in [1.54, 1.807) is 4.90 Å². The Bertz CT molecular complexity index is 1380. The van der Waals surface area contributed by atoms with Gasteiger partial charge in [0.15, 0.2) is 9.84 Å². The third-order valence-corrected chi connectivity index (χ3v) is 11.2. The summed E-state index contributed by atoms with van der Waals surface area (Å²) in [5, 5.41) is -0.208. The molecule has 0 spiro atoms. The number of cyclic esters (lactones) is 1. The van der Waals surface area contributed by atoms with E-state index >= 15 is 0 Å². The minimum atomic E-state index is -3.22. The first-order valence-electron chi connectivity index (χ1n) is 16.4. The SMILES string of the molecule is Cc1cc(CCCCOCCCCCCN2C[C@@H](c3ccc4c(c3)COC(C)(C)O4)OC2=O)cc(S(=O)(=O)C2CCCC2)c1. The van der Waals surface area contributed by atoms with Gasteiger partial charge in [-0.05, 0) is 92.8 Å². The number of unbranched alkanes of at least 4 members (excludes halogenated alkanes) is 4. The number of fused-ring (bicyclic) bond motifs is 1. The maximum atomic E-state index is 13.0. The van der Waals surface area contributed by atoms with Crippen molar-refractivity contribution >= 4 is 15.9 Å². The van der Waals surface area contributed by atoms with Crippen molar-refractivity contribution in [1.82, 2.24) is 4.90 Å². The maximum absolute atomic E-state index is 13.0. The van der Waals surface area contributed by atoms with Gasteiger partial charge in [0.25, 0.3) is 0 Å². The van der Waals surface area contributed by atoms with Crippen molar-refractivity contribution in [2.24, 2.45) is 0 Å². The van der Waals surface area contributed by atoms with Crippen LogP contribution in [0.2, 0.25) is 0 Å². The smallest absolute Gasteiger partial charge is 0.410 e. The van der Waals surface area contributed by atoms with Crippen molar-refractivity contribution in [1.29, 1.82) is 0 Å². The van der Waals surface area contributed by atoms with Crippen LogP contribution in [0.25, 0.3) is 0 Å². The van der Waals surface area contributed by atoms with Gasteiger partial charge in [-0.1, -0.05) is 37.8 Å². The summed E-state index contributed by atoms with van der Waals surface area (Å²) >= 11 is 0. The zero-order valence-electron chi connectivity index (χ0n) is 26.6. The number of rotatable bonds is 15. The average Bonchev–Trinajstić information content (AvgIpc) is 3.66. The van der Waals surface area contributed by atoms with Crippen LogP contribution >= 0.6 is 0 Å². The monoisotopic (exact) mass is 627 g/mol. The number of hydrogen-bond acceptors (Lipinski definition) is 7. The van der Waals surface area contributed by atoms with Gasteiger partial charge in [-0.2, -0.15) is 0 Å². The maximum Gasteiger partial charge on any atom is 0.410 e. The lowest BCUT2D eigenvalue weighted by Gasteiger charge is -2.32. The van der Waals surface area contributed by atoms with E-state index < -0.39 is 15.6 Å². The van der Waals surface area contributed by atoms with Gasteiger partial charge in [-0.3, -0.25) is 0 Å². The van der Waals surface area contributed by atoms with Crippen molar-refractivity contribution in [3.05, 3.63) is 58.7 Å². The Morgan fingerprint density at radius 3 is 2.50 bits per heavy atom. The van der Waals surface area contributed by atoms with Gasteiger partial charge in [0.2, 0.25) is 5.79 Å². The van der Waals surface area contributed by atoms with Crippen LogP contribution in [0.4, 0.5) is 4.79 Å². The molecule has 0 aromatic heterocycles. The van der Waals surface area contributed by atoms with Gasteiger partial charge in [-0.25, -0.2) is 13.2 Å². The van der Waals surface area contributed by atoms with Crippen LogP contribution in [0.15, 0.2) is 41.3 Å². The first-order valence-corrected chi connectivity index (χ1v) is 18.0. The quantitative estimate of drug-likeness (QED) is 0.189. The van der Waals surface area contributed by atoms with Gasteiger partial charge in [0.1, 0.15) is 11.9 Å². The van der Waals surface area contributed by atoms with Crippen LogP contribution in [0.1, 0.15) is 106 Å². The molecule has 1 saturated carbocycles. The molecule has 5 rings (SSSR count). The zero-order chi connectivity index (χ0) is 31.2. The Hall–Kier alpha value is -2.62. The van der Waals surface area contributed by atoms with Crippen molar-refractivity contribution in [3.63, 3.8) is 0 Å². The molecule has 2 aromatic rings. The molecular weight excluding hydrogens is 578 g/mol. The minimum Gasteiger partial charge on any atom is -0.463 e. The number of amides is 1. The number of carbonyl (C=O) groups excluding carboxylic acids is 1. The van der Waals surface area contributed by atoms with Crippen molar-refractivity contribution in [2.45, 2.75) is 120 Å². The fourth-order valence-corrected chi connectivity index (χ4v) is 8.45. The van der Waals surface area contributed by atoms with Gasteiger partial charge in [0.05, 0.1) is 23.3 Å². The largest absolute Gasteiger partial charge is 0.463 e. The average molecular weight is 628 g/mol. The van der Waals surface area contributed by atoms with Crippen LogP contribution in [0.3, 0.4) is 0 Å². The molecule has 44 heavy (non-hydrogen) atoms. The second-order valence-corrected chi connectivity index (χ2v) is 15.3. The highest BCUT2D eigenvalue weighted by Gasteiger charge is 2.34. The van der Waals surface area contributed by atoms with Crippen LogP contribution in [0.5, 0.6) is 5.75 Å².